The zero-order valence-corrected chi connectivity index (χ0v) is 8.79. The molecular weight excluding hydrogens is 214 g/mol. The topological polar surface area (TPSA) is 57.9 Å². The van der Waals surface area contributed by atoms with Crippen LogP contribution in [0.3, 0.4) is 0 Å². The first kappa shape index (κ1) is 10.2. The fraction of sp³-hybridized carbons (Fsp3) is 0.400. The molecule has 0 aromatic carbocycles. The molecule has 1 aliphatic rings. The molecule has 0 radical (unpaired) electrons. The first-order valence-corrected chi connectivity index (χ1v) is 5.07. The van der Waals surface area contributed by atoms with E-state index in [-0.39, 0.29) is 0 Å². The predicted octanol–water partition coefficient (Wildman–Crippen LogP) is 1.81. The fourth-order valence-electron chi connectivity index (χ4n) is 1.52. The van der Waals surface area contributed by atoms with E-state index < -0.39 is 0 Å². The lowest BCUT2D eigenvalue weighted by atomic mass is 10.2. The first-order valence-electron chi connectivity index (χ1n) is 4.70. The van der Waals surface area contributed by atoms with Gasteiger partial charge in [-0.25, -0.2) is 4.98 Å². The van der Waals surface area contributed by atoms with Crippen molar-refractivity contribution in [1.29, 1.82) is 5.26 Å². The number of aromatic nitrogens is 1. The molecule has 1 fully saturated rings. The molecule has 4 nitrogen and oxygen atoms in total. The third-order valence-electron chi connectivity index (χ3n) is 2.21. The van der Waals surface area contributed by atoms with Gasteiger partial charge in [0.25, 0.3) is 0 Å². The minimum atomic E-state index is 0.301. The number of pyridine rings is 1. The maximum absolute atomic E-state index is 8.72. The molecule has 15 heavy (non-hydrogen) atoms. The van der Waals surface area contributed by atoms with Gasteiger partial charge in [0, 0.05) is 12.3 Å². The summed E-state index contributed by atoms with van der Waals surface area (Å²) in [7, 11) is 0. The van der Waals surface area contributed by atoms with Crippen LogP contribution in [-0.4, -0.2) is 24.2 Å². The number of hydrogen-bond acceptors (Lipinski definition) is 4. The molecule has 0 spiro atoms. The Morgan fingerprint density at radius 3 is 3.13 bits per heavy atom. The number of nitriles is 1. The monoisotopic (exact) mass is 223 g/mol. The van der Waals surface area contributed by atoms with Crippen molar-refractivity contribution in [2.24, 2.45) is 0 Å². The maximum Gasteiger partial charge on any atom is 0.144 e. The van der Waals surface area contributed by atoms with Gasteiger partial charge in [-0.1, -0.05) is 11.6 Å². The van der Waals surface area contributed by atoms with Crippen molar-refractivity contribution in [3.63, 3.8) is 0 Å². The van der Waals surface area contributed by atoms with Crippen LogP contribution in [0, 0.1) is 11.3 Å². The number of rotatable bonds is 2. The molecule has 78 valence electrons. The zero-order valence-electron chi connectivity index (χ0n) is 8.03. The Morgan fingerprint density at radius 2 is 2.47 bits per heavy atom. The average molecular weight is 224 g/mol. The Hall–Kier alpha value is -1.31. The van der Waals surface area contributed by atoms with Crippen LogP contribution in [0.5, 0.6) is 0 Å². The highest BCUT2D eigenvalue weighted by Gasteiger charge is 2.15. The van der Waals surface area contributed by atoms with Gasteiger partial charge in [0.2, 0.25) is 0 Å². The molecule has 0 bridgehead atoms. The zero-order chi connectivity index (χ0) is 10.7. The molecule has 1 atom stereocenters. The summed E-state index contributed by atoms with van der Waals surface area (Å²) in [5.41, 5.74) is 1.14. The van der Waals surface area contributed by atoms with Crippen molar-refractivity contribution in [3.8, 4) is 6.07 Å². The van der Waals surface area contributed by atoms with Gasteiger partial charge >= 0.3 is 0 Å². The highest BCUT2D eigenvalue weighted by Crippen LogP contribution is 2.18. The number of ether oxygens (including phenoxy) is 1. The molecule has 0 aliphatic carbocycles. The van der Waals surface area contributed by atoms with Crippen molar-refractivity contribution in [1.82, 2.24) is 4.98 Å². The summed E-state index contributed by atoms with van der Waals surface area (Å²) in [6.07, 6.45) is 0.974. The molecule has 1 aromatic rings. The first-order chi connectivity index (χ1) is 7.28. The minimum Gasteiger partial charge on any atom is -0.380 e. The smallest absolute Gasteiger partial charge is 0.144 e. The maximum atomic E-state index is 8.72. The number of hydrogen-bond donors (Lipinski definition) is 1. The minimum absolute atomic E-state index is 0.301. The van der Waals surface area contributed by atoms with Crippen LogP contribution in [0.2, 0.25) is 5.15 Å². The molecule has 2 heterocycles. The second-order valence-electron chi connectivity index (χ2n) is 3.38. The van der Waals surface area contributed by atoms with E-state index in [0.717, 1.165) is 18.7 Å². The molecule has 1 saturated heterocycles. The summed E-state index contributed by atoms with van der Waals surface area (Å²) in [6, 6.07) is 5.66. The van der Waals surface area contributed by atoms with E-state index in [4.69, 9.17) is 21.6 Å². The lowest BCUT2D eigenvalue weighted by Gasteiger charge is -2.12. The summed E-state index contributed by atoms with van der Waals surface area (Å²) in [5.74, 6) is 0. The Morgan fingerprint density at radius 1 is 1.60 bits per heavy atom. The normalized spacial score (nSPS) is 19.9. The number of nitrogens with zero attached hydrogens (tertiary/aromatic N) is 2. The Labute approximate surface area is 92.8 Å². The van der Waals surface area contributed by atoms with Gasteiger partial charge < -0.3 is 10.1 Å². The van der Waals surface area contributed by atoms with Crippen LogP contribution >= 0.6 is 11.6 Å². The van der Waals surface area contributed by atoms with Crippen LogP contribution in [0.25, 0.3) is 0 Å². The molecule has 2 rings (SSSR count). The molecular formula is C10H10ClN3O. The number of nitrogens with one attached hydrogen (secondary N) is 1. The van der Waals surface area contributed by atoms with Crippen LogP contribution in [-0.2, 0) is 4.74 Å². The van der Waals surface area contributed by atoms with Crippen molar-refractivity contribution >= 4 is 17.3 Å². The van der Waals surface area contributed by atoms with Gasteiger partial charge in [-0.05, 0) is 18.6 Å². The number of anilines is 1. The lowest BCUT2D eigenvalue weighted by Crippen LogP contribution is -2.18. The molecule has 1 N–H and O–H groups in total. The van der Waals surface area contributed by atoms with Gasteiger partial charge in [0.05, 0.1) is 12.6 Å². The Balaban J connectivity index is 2.13. The fourth-order valence-corrected chi connectivity index (χ4v) is 1.73. The largest absolute Gasteiger partial charge is 0.380 e. The summed E-state index contributed by atoms with van der Waals surface area (Å²) in [5, 5.41) is 12.3. The van der Waals surface area contributed by atoms with E-state index in [1.165, 1.54) is 0 Å². The molecule has 0 amide bonds. The number of halogens is 1. The summed E-state index contributed by atoms with van der Waals surface area (Å²) in [4.78, 5) is 3.86. The molecule has 1 aliphatic heterocycles. The summed E-state index contributed by atoms with van der Waals surface area (Å²) >= 11 is 5.78. The second-order valence-corrected chi connectivity index (χ2v) is 3.77. The third kappa shape index (κ3) is 2.58. The van der Waals surface area contributed by atoms with E-state index in [9.17, 15) is 0 Å². The van der Waals surface area contributed by atoms with Gasteiger partial charge in [-0.3, -0.25) is 0 Å². The van der Waals surface area contributed by atoms with Gasteiger partial charge in [0.1, 0.15) is 16.9 Å². The van der Waals surface area contributed by atoms with E-state index in [2.05, 4.69) is 10.3 Å². The van der Waals surface area contributed by atoms with Gasteiger partial charge in [-0.15, -0.1) is 0 Å². The van der Waals surface area contributed by atoms with Crippen LogP contribution in [0.4, 0.5) is 5.69 Å². The van der Waals surface area contributed by atoms with Crippen LogP contribution in [0.15, 0.2) is 12.1 Å². The average Bonchev–Trinajstić information content (AvgIpc) is 2.69. The second kappa shape index (κ2) is 4.47. The quantitative estimate of drug-likeness (QED) is 0.777. The highest BCUT2D eigenvalue weighted by molar-refractivity contribution is 6.29. The van der Waals surface area contributed by atoms with Gasteiger partial charge in [0.15, 0.2) is 0 Å². The van der Waals surface area contributed by atoms with Crippen molar-refractivity contribution in [2.75, 3.05) is 18.5 Å². The van der Waals surface area contributed by atoms with E-state index in [0.29, 0.717) is 23.5 Å². The molecule has 0 saturated carbocycles. The lowest BCUT2D eigenvalue weighted by molar-refractivity contribution is 0.195. The van der Waals surface area contributed by atoms with E-state index in [1.54, 1.807) is 12.1 Å². The third-order valence-corrected chi connectivity index (χ3v) is 2.40. The van der Waals surface area contributed by atoms with Crippen molar-refractivity contribution in [3.05, 3.63) is 23.0 Å². The summed E-state index contributed by atoms with van der Waals surface area (Å²) in [6.45, 7) is 1.48. The van der Waals surface area contributed by atoms with Gasteiger partial charge in [-0.2, -0.15) is 5.26 Å². The van der Waals surface area contributed by atoms with Crippen LogP contribution in [0.1, 0.15) is 12.1 Å². The van der Waals surface area contributed by atoms with Crippen LogP contribution < -0.4 is 5.32 Å². The Kier molecular flexibility index (Phi) is 3.05. The van der Waals surface area contributed by atoms with Crippen molar-refractivity contribution < 1.29 is 4.74 Å². The van der Waals surface area contributed by atoms with Crippen molar-refractivity contribution in [2.45, 2.75) is 12.5 Å². The van der Waals surface area contributed by atoms with E-state index >= 15 is 0 Å². The highest BCUT2D eigenvalue weighted by atomic mass is 35.5. The standard InChI is InChI=1S/C10H10ClN3O/c11-10-4-8(3-9(5-12)14-10)13-7-1-2-15-6-7/h3-4,7H,1-2,6H2,(H,13,14). The predicted molar refractivity (Wildman–Crippen MR) is 56.8 cm³/mol. The van der Waals surface area contributed by atoms with E-state index in [1.807, 2.05) is 6.07 Å². The Bertz CT molecular complexity index is 396. The molecule has 1 unspecified atom stereocenters. The molecule has 5 heteroatoms. The SMILES string of the molecule is N#Cc1cc(NC2CCOC2)cc(Cl)n1. The summed E-state index contributed by atoms with van der Waals surface area (Å²) < 4.78 is 5.24. The molecule has 1 aromatic heterocycles.